The van der Waals surface area contributed by atoms with Crippen LogP contribution in [0.5, 0.6) is 0 Å². The van der Waals surface area contributed by atoms with Crippen molar-refractivity contribution >= 4 is 22.5 Å². The molecular weight excluding hydrogens is 290 g/mol. The summed E-state index contributed by atoms with van der Waals surface area (Å²) in [7, 11) is 0. The minimum absolute atomic E-state index is 0.130. The summed E-state index contributed by atoms with van der Waals surface area (Å²) in [5, 5.41) is 3.26. The highest BCUT2D eigenvalue weighted by molar-refractivity contribution is 6.00. The highest BCUT2D eigenvalue weighted by atomic mass is 16.2. The number of nitrogens with one attached hydrogen (secondary N) is 1. The molecule has 2 aromatic rings. The number of pyridine rings is 1. The van der Waals surface area contributed by atoms with Crippen LogP contribution in [0, 0.1) is 0 Å². The van der Waals surface area contributed by atoms with E-state index >= 15 is 0 Å². The summed E-state index contributed by atoms with van der Waals surface area (Å²) in [6.45, 7) is 9.77. The Kier molecular flexibility index (Phi) is 4.50. The molecule has 1 aromatic heterocycles. The van der Waals surface area contributed by atoms with Crippen LogP contribution in [0.25, 0.3) is 10.9 Å². The van der Waals surface area contributed by atoms with Crippen molar-refractivity contribution in [3.05, 3.63) is 40.2 Å². The van der Waals surface area contributed by atoms with Crippen molar-refractivity contribution in [3.63, 3.8) is 0 Å². The van der Waals surface area contributed by atoms with E-state index in [1.54, 1.807) is 12.3 Å². The molecule has 1 unspecified atom stereocenters. The van der Waals surface area contributed by atoms with E-state index in [2.05, 4.69) is 19.2 Å². The van der Waals surface area contributed by atoms with E-state index in [0.717, 1.165) is 11.9 Å². The van der Waals surface area contributed by atoms with Crippen molar-refractivity contribution in [1.82, 2.24) is 9.88 Å². The van der Waals surface area contributed by atoms with Crippen molar-refractivity contribution in [2.75, 3.05) is 5.73 Å². The predicted octanol–water partition coefficient (Wildman–Crippen LogP) is 3.08. The van der Waals surface area contributed by atoms with E-state index in [1.807, 2.05) is 37.5 Å². The first-order valence-corrected chi connectivity index (χ1v) is 7.91. The second-order valence-corrected chi connectivity index (χ2v) is 6.98. The Hall–Kier alpha value is -2.30. The van der Waals surface area contributed by atoms with Crippen molar-refractivity contribution in [3.8, 4) is 0 Å². The first-order valence-electron chi connectivity index (χ1n) is 7.91. The smallest absolute Gasteiger partial charge is 0.257 e. The van der Waals surface area contributed by atoms with E-state index in [-0.39, 0.29) is 22.9 Å². The fraction of sp³-hybridized carbons (Fsp3) is 0.444. The lowest BCUT2D eigenvalue weighted by molar-refractivity contribution is 0.0918. The van der Waals surface area contributed by atoms with E-state index < -0.39 is 5.54 Å². The van der Waals surface area contributed by atoms with E-state index in [1.165, 1.54) is 0 Å². The molecule has 0 aliphatic carbocycles. The molecule has 0 saturated carbocycles. The summed E-state index contributed by atoms with van der Waals surface area (Å²) < 4.78 is 1.96. The van der Waals surface area contributed by atoms with Crippen LogP contribution in [0.4, 0.5) is 5.69 Å². The molecule has 0 fully saturated rings. The lowest BCUT2D eigenvalue weighted by atomic mass is 10.1. The van der Waals surface area contributed by atoms with Gasteiger partial charge in [-0.05, 0) is 46.2 Å². The Bertz CT molecular complexity index is 800. The molecule has 0 spiro atoms. The molecule has 23 heavy (non-hydrogen) atoms. The van der Waals surface area contributed by atoms with Gasteiger partial charge in [0.2, 0.25) is 5.43 Å². The highest BCUT2D eigenvalue weighted by Gasteiger charge is 2.21. The first kappa shape index (κ1) is 17.1. The van der Waals surface area contributed by atoms with Gasteiger partial charge in [0.1, 0.15) is 5.56 Å². The third-order valence-corrected chi connectivity index (χ3v) is 3.89. The predicted molar refractivity (Wildman–Crippen MR) is 94.8 cm³/mol. The van der Waals surface area contributed by atoms with Crippen LogP contribution in [-0.2, 0) is 0 Å². The summed E-state index contributed by atoms with van der Waals surface area (Å²) in [5.41, 5.74) is 6.57. The Morgan fingerprint density at radius 1 is 1.35 bits per heavy atom. The van der Waals surface area contributed by atoms with E-state index in [4.69, 9.17) is 5.73 Å². The number of carbonyl (C=O) groups excluding carboxylic acids is 1. The van der Waals surface area contributed by atoms with Gasteiger partial charge in [-0.25, -0.2) is 0 Å². The van der Waals surface area contributed by atoms with Gasteiger partial charge in [0.05, 0.1) is 10.9 Å². The van der Waals surface area contributed by atoms with Gasteiger partial charge in [-0.2, -0.15) is 0 Å². The number of hydrogen-bond acceptors (Lipinski definition) is 3. The Labute approximate surface area is 136 Å². The molecule has 1 atom stereocenters. The topological polar surface area (TPSA) is 77.1 Å². The van der Waals surface area contributed by atoms with Gasteiger partial charge >= 0.3 is 0 Å². The molecule has 124 valence electrons. The van der Waals surface area contributed by atoms with Crippen molar-refractivity contribution in [1.29, 1.82) is 0 Å². The number of fused-ring (bicyclic) bond motifs is 1. The molecule has 2 rings (SSSR count). The van der Waals surface area contributed by atoms with E-state index in [9.17, 15) is 9.59 Å². The number of hydrogen-bond donors (Lipinski definition) is 2. The quantitative estimate of drug-likeness (QED) is 0.855. The number of anilines is 1. The number of carbonyl (C=O) groups is 1. The average molecular weight is 315 g/mol. The normalized spacial score (nSPS) is 13.1. The minimum atomic E-state index is -0.415. The molecule has 5 nitrogen and oxygen atoms in total. The van der Waals surface area contributed by atoms with Crippen molar-refractivity contribution < 1.29 is 4.79 Å². The van der Waals surface area contributed by atoms with Gasteiger partial charge < -0.3 is 15.6 Å². The summed E-state index contributed by atoms with van der Waals surface area (Å²) in [6.07, 6.45) is 2.53. The lowest BCUT2D eigenvalue weighted by Crippen LogP contribution is -2.42. The molecule has 0 bridgehead atoms. The number of nitrogen functional groups attached to an aromatic ring is 1. The molecule has 0 aliphatic heterocycles. The Morgan fingerprint density at radius 2 is 2.00 bits per heavy atom. The number of benzene rings is 1. The number of nitrogens with two attached hydrogens (primary N) is 1. The Balaban J connectivity index is 2.76. The fourth-order valence-corrected chi connectivity index (χ4v) is 2.55. The van der Waals surface area contributed by atoms with Gasteiger partial charge in [-0.3, -0.25) is 9.59 Å². The van der Waals surface area contributed by atoms with Gasteiger partial charge in [0.25, 0.3) is 5.91 Å². The van der Waals surface area contributed by atoms with Crippen LogP contribution in [-0.4, -0.2) is 16.0 Å². The van der Waals surface area contributed by atoms with Crippen LogP contribution in [0.2, 0.25) is 0 Å². The number of amides is 1. The second kappa shape index (κ2) is 6.07. The van der Waals surface area contributed by atoms with Crippen LogP contribution < -0.4 is 16.5 Å². The number of rotatable bonds is 3. The maximum absolute atomic E-state index is 12.8. The lowest BCUT2D eigenvalue weighted by Gasteiger charge is -2.22. The van der Waals surface area contributed by atoms with E-state index in [0.29, 0.717) is 11.1 Å². The molecule has 1 heterocycles. The maximum atomic E-state index is 12.8. The van der Waals surface area contributed by atoms with Gasteiger partial charge in [-0.15, -0.1) is 0 Å². The SMILES string of the molecule is CCC(C)n1cc(C(=O)NC(C)(C)C)c(=O)c2c(N)cccc21. The second-order valence-electron chi connectivity index (χ2n) is 6.98. The standard InChI is InChI=1S/C18H25N3O2/c1-6-11(2)21-10-12(17(23)20-18(3,4)5)16(22)15-13(19)8-7-9-14(15)21/h7-11H,6,19H2,1-5H3,(H,20,23). The molecule has 1 aromatic carbocycles. The summed E-state index contributed by atoms with van der Waals surface area (Å²) >= 11 is 0. The third-order valence-electron chi connectivity index (χ3n) is 3.89. The maximum Gasteiger partial charge on any atom is 0.257 e. The zero-order chi connectivity index (χ0) is 17.4. The van der Waals surface area contributed by atoms with Crippen LogP contribution in [0.15, 0.2) is 29.2 Å². The molecule has 3 N–H and O–H groups in total. The number of aromatic nitrogens is 1. The van der Waals surface area contributed by atoms with Crippen LogP contribution in [0.3, 0.4) is 0 Å². The van der Waals surface area contributed by atoms with Gasteiger partial charge in [-0.1, -0.05) is 13.0 Å². The zero-order valence-electron chi connectivity index (χ0n) is 14.4. The van der Waals surface area contributed by atoms with Crippen LogP contribution in [0.1, 0.15) is 57.4 Å². The zero-order valence-corrected chi connectivity index (χ0v) is 14.4. The van der Waals surface area contributed by atoms with Gasteiger partial charge in [0, 0.05) is 23.5 Å². The minimum Gasteiger partial charge on any atom is -0.398 e. The first-order chi connectivity index (χ1) is 10.7. The molecule has 5 heteroatoms. The van der Waals surface area contributed by atoms with Crippen LogP contribution >= 0.6 is 0 Å². The molecule has 0 aliphatic rings. The Morgan fingerprint density at radius 3 is 2.57 bits per heavy atom. The molecule has 1 amide bonds. The summed E-state index contributed by atoms with van der Waals surface area (Å²) in [5.74, 6) is -0.371. The number of nitrogens with zero attached hydrogens (tertiary/aromatic N) is 1. The highest BCUT2D eigenvalue weighted by Crippen LogP contribution is 2.23. The summed E-state index contributed by atoms with van der Waals surface area (Å²) in [6, 6.07) is 5.53. The largest absolute Gasteiger partial charge is 0.398 e. The van der Waals surface area contributed by atoms with Crippen molar-refractivity contribution in [2.24, 2.45) is 0 Å². The average Bonchev–Trinajstić information content (AvgIpc) is 2.45. The molecule has 0 radical (unpaired) electrons. The van der Waals surface area contributed by atoms with Crippen molar-refractivity contribution in [2.45, 2.75) is 52.6 Å². The fourth-order valence-electron chi connectivity index (χ4n) is 2.55. The van der Waals surface area contributed by atoms with Gasteiger partial charge in [0.15, 0.2) is 0 Å². The molecule has 0 saturated heterocycles. The molecular formula is C18H25N3O2. The third kappa shape index (κ3) is 3.38. The summed E-state index contributed by atoms with van der Waals surface area (Å²) in [4.78, 5) is 25.3. The monoisotopic (exact) mass is 315 g/mol.